The summed E-state index contributed by atoms with van der Waals surface area (Å²) >= 11 is 1.76. The largest absolute Gasteiger partial charge is 0.496 e. The van der Waals surface area contributed by atoms with Crippen molar-refractivity contribution in [3.05, 3.63) is 45.7 Å². The van der Waals surface area contributed by atoms with Gasteiger partial charge in [0.25, 0.3) is 0 Å². The topological polar surface area (TPSA) is 48.0 Å². The molecule has 1 aromatic carbocycles. The maximum Gasteiger partial charge on any atom is 0.246 e. The molecule has 0 radical (unpaired) electrons. The Morgan fingerprint density at radius 1 is 1.12 bits per heavy atom. The highest BCUT2D eigenvalue weighted by molar-refractivity contribution is 7.10. The van der Waals surface area contributed by atoms with Crippen LogP contribution in [0.2, 0.25) is 0 Å². The third-order valence-electron chi connectivity index (χ3n) is 4.26. The van der Waals surface area contributed by atoms with Crippen LogP contribution in [0.5, 0.6) is 17.2 Å². The lowest BCUT2D eigenvalue weighted by Crippen LogP contribution is -2.34. The van der Waals surface area contributed by atoms with Gasteiger partial charge in [-0.3, -0.25) is 4.79 Å². The molecule has 1 amide bonds. The van der Waals surface area contributed by atoms with Crippen molar-refractivity contribution < 1.29 is 19.0 Å². The number of thiophene rings is 1. The van der Waals surface area contributed by atoms with Gasteiger partial charge in [-0.05, 0) is 35.6 Å². The van der Waals surface area contributed by atoms with Crippen LogP contribution < -0.4 is 14.2 Å². The van der Waals surface area contributed by atoms with Crippen molar-refractivity contribution in [3.63, 3.8) is 0 Å². The minimum atomic E-state index is -0.00584. The molecule has 132 valence electrons. The van der Waals surface area contributed by atoms with Gasteiger partial charge in [0.2, 0.25) is 5.91 Å². The first-order chi connectivity index (χ1) is 12.2. The molecule has 6 heteroatoms. The fraction of sp³-hybridized carbons (Fsp3) is 0.316. The third-order valence-corrected chi connectivity index (χ3v) is 5.28. The lowest BCUT2D eigenvalue weighted by Gasteiger charge is -2.25. The van der Waals surface area contributed by atoms with Crippen LogP contribution in [0.4, 0.5) is 0 Å². The van der Waals surface area contributed by atoms with Crippen LogP contribution in [0.25, 0.3) is 6.08 Å². The lowest BCUT2D eigenvalue weighted by atomic mass is 10.1. The summed E-state index contributed by atoms with van der Waals surface area (Å²) in [6, 6.07) is 5.65. The Kier molecular flexibility index (Phi) is 5.28. The first kappa shape index (κ1) is 17.4. The molecule has 0 saturated heterocycles. The molecule has 1 aromatic heterocycles. The van der Waals surface area contributed by atoms with Crippen molar-refractivity contribution in [1.82, 2.24) is 4.90 Å². The van der Waals surface area contributed by atoms with Crippen molar-refractivity contribution in [2.45, 2.75) is 13.0 Å². The summed E-state index contributed by atoms with van der Waals surface area (Å²) in [4.78, 5) is 15.8. The molecule has 0 spiro atoms. The second-order valence-corrected chi connectivity index (χ2v) is 6.66. The second-order valence-electron chi connectivity index (χ2n) is 5.66. The minimum Gasteiger partial charge on any atom is -0.496 e. The molecule has 0 aliphatic carbocycles. The van der Waals surface area contributed by atoms with Crippen molar-refractivity contribution in [3.8, 4) is 17.2 Å². The molecule has 0 unspecified atom stereocenters. The van der Waals surface area contributed by atoms with Gasteiger partial charge in [-0.25, -0.2) is 0 Å². The highest BCUT2D eigenvalue weighted by Crippen LogP contribution is 2.35. The van der Waals surface area contributed by atoms with Gasteiger partial charge in [0, 0.05) is 35.7 Å². The molecule has 0 atom stereocenters. The summed E-state index contributed by atoms with van der Waals surface area (Å²) in [7, 11) is 4.74. The predicted octanol–water partition coefficient (Wildman–Crippen LogP) is 3.37. The number of carbonyl (C=O) groups is 1. The molecule has 0 bridgehead atoms. The minimum absolute atomic E-state index is 0.00584. The van der Waals surface area contributed by atoms with Crippen molar-refractivity contribution in [2.75, 3.05) is 27.9 Å². The number of carbonyl (C=O) groups excluding carboxylic acids is 1. The van der Waals surface area contributed by atoms with E-state index in [9.17, 15) is 4.79 Å². The number of methoxy groups -OCH3 is 3. The number of rotatable bonds is 5. The van der Waals surface area contributed by atoms with Crippen LogP contribution >= 0.6 is 11.3 Å². The quantitative estimate of drug-likeness (QED) is 0.768. The fourth-order valence-corrected chi connectivity index (χ4v) is 3.78. The zero-order valence-electron chi connectivity index (χ0n) is 14.6. The summed E-state index contributed by atoms with van der Waals surface area (Å²) in [5.74, 6) is 1.80. The van der Waals surface area contributed by atoms with Crippen LogP contribution in [0.15, 0.2) is 29.7 Å². The Hall–Kier alpha value is -2.47. The maximum absolute atomic E-state index is 12.5. The van der Waals surface area contributed by atoms with Crippen LogP contribution in [0.3, 0.4) is 0 Å². The molecule has 3 rings (SSSR count). The van der Waals surface area contributed by atoms with Crippen molar-refractivity contribution in [2.24, 2.45) is 0 Å². The zero-order valence-corrected chi connectivity index (χ0v) is 15.4. The highest BCUT2D eigenvalue weighted by atomic mass is 32.1. The molecular formula is C19H21NO4S. The highest BCUT2D eigenvalue weighted by Gasteiger charge is 2.20. The van der Waals surface area contributed by atoms with Gasteiger partial charge in [-0.1, -0.05) is 0 Å². The second kappa shape index (κ2) is 7.61. The van der Waals surface area contributed by atoms with Crippen molar-refractivity contribution >= 4 is 23.3 Å². The summed E-state index contributed by atoms with van der Waals surface area (Å²) in [6.45, 7) is 1.42. The Morgan fingerprint density at radius 2 is 1.84 bits per heavy atom. The number of hydrogen-bond acceptors (Lipinski definition) is 5. The smallest absolute Gasteiger partial charge is 0.246 e. The van der Waals surface area contributed by atoms with Gasteiger partial charge in [-0.2, -0.15) is 0 Å². The molecule has 2 heterocycles. The van der Waals surface area contributed by atoms with Gasteiger partial charge in [0.15, 0.2) is 11.5 Å². The van der Waals surface area contributed by atoms with Crippen molar-refractivity contribution in [1.29, 1.82) is 0 Å². The SMILES string of the molecule is COc1cc(OC)c(OC)cc1/C=C/C(=O)N1CCc2sccc2C1. The predicted molar refractivity (Wildman–Crippen MR) is 98.6 cm³/mol. The van der Waals surface area contributed by atoms with E-state index in [-0.39, 0.29) is 5.91 Å². The summed E-state index contributed by atoms with van der Waals surface area (Å²) in [5.41, 5.74) is 2.02. The van der Waals surface area contributed by atoms with E-state index >= 15 is 0 Å². The van der Waals surface area contributed by atoms with E-state index < -0.39 is 0 Å². The Bertz CT molecular complexity index is 797. The van der Waals surface area contributed by atoms with E-state index in [4.69, 9.17) is 14.2 Å². The molecule has 0 fully saturated rings. The van der Waals surface area contributed by atoms with Crippen LogP contribution in [0.1, 0.15) is 16.0 Å². The summed E-state index contributed by atoms with van der Waals surface area (Å²) in [5, 5.41) is 2.09. The molecule has 25 heavy (non-hydrogen) atoms. The van der Waals surface area contributed by atoms with E-state index in [1.54, 1.807) is 57.0 Å². The Labute approximate surface area is 151 Å². The average molecular weight is 359 g/mol. The average Bonchev–Trinajstić information content (AvgIpc) is 3.12. The van der Waals surface area contributed by atoms with Gasteiger partial charge >= 0.3 is 0 Å². The van der Waals surface area contributed by atoms with Gasteiger partial charge < -0.3 is 19.1 Å². The number of fused-ring (bicyclic) bond motifs is 1. The molecule has 5 nitrogen and oxygen atoms in total. The molecule has 1 aliphatic heterocycles. The van der Waals surface area contributed by atoms with Crippen LogP contribution in [-0.4, -0.2) is 38.7 Å². The van der Waals surface area contributed by atoms with Crippen LogP contribution in [-0.2, 0) is 17.8 Å². The van der Waals surface area contributed by atoms with E-state index in [0.29, 0.717) is 23.8 Å². The molecule has 1 aliphatic rings. The molecular weight excluding hydrogens is 338 g/mol. The van der Waals surface area contributed by atoms with Gasteiger partial charge in [0.05, 0.1) is 21.3 Å². The van der Waals surface area contributed by atoms with Gasteiger partial charge in [-0.15, -0.1) is 11.3 Å². The lowest BCUT2D eigenvalue weighted by molar-refractivity contribution is -0.126. The monoisotopic (exact) mass is 359 g/mol. The first-order valence-corrected chi connectivity index (χ1v) is 8.86. The molecule has 0 saturated carbocycles. The summed E-state index contributed by atoms with van der Waals surface area (Å²) in [6.07, 6.45) is 4.26. The number of ether oxygens (including phenoxy) is 3. The summed E-state index contributed by atoms with van der Waals surface area (Å²) < 4.78 is 16.0. The fourth-order valence-electron chi connectivity index (χ4n) is 2.89. The normalized spacial score (nSPS) is 13.6. The molecule has 0 N–H and O–H groups in total. The third kappa shape index (κ3) is 3.64. The number of nitrogens with zero attached hydrogens (tertiary/aromatic N) is 1. The number of hydrogen-bond donors (Lipinski definition) is 0. The van der Waals surface area contributed by atoms with Crippen LogP contribution in [0, 0.1) is 0 Å². The Balaban J connectivity index is 1.78. The van der Waals surface area contributed by atoms with Gasteiger partial charge in [0.1, 0.15) is 5.75 Å². The Morgan fingerprint density at radius 3 is 2.56 bits per heavy atom. The number of amides is 1. The van der Waals surface area contributed by atoms with E-state index in [1.807, 2.05) is 4.90 Å². The number of benzene rings is 1. The standard InChI is InChI=1S/C19H21NO4S/c1-22-15-11-17(24-3)16(23-2)10-13(15)4-5-19(21)20-8-6-18-14(12-20)7-9-25-18/h4-5,7,9-11H,6,8,12H2,1-3H3/b5-4+. The maximum atomic E-state index is 12.5. The van der Waals surface area contributed by atoms with E-state index in [0.717, 1.165) is 18.5 Å². The van der Waals surface area contributed by atoms with E-state index in [2.05, 4.69) is 11.4 Å². The zero-order chi connectivity index (χ0) is 17.8. The molecule has 2 aromatic rings. The van der Waals surface area contributed by atoms with E-state index in [1.165, 1.54) is 10.4 Å². The first-order valence-electron chi connectivity index (χ1n) is 7.98.